The van der Waals surface area contributed by atoms with E-state index in [9.17, 15) is 0 Å². The second kappa shape index (κ2) is 7.70. The lowest BCUT2D eigenvalue weighted by atomic mass is 10.2. The molecule has 0 aromatic carbocycles. The van der Waals surface area contributed by atoms with Gasteiger partial charge in [-0.25, -0.2) is 4.99 Å². The summed E-state index contributed by atoms with van der Waals surface area (Å²) < 4.78 is 1.76. The quantitative estimate of drug-likeness (QED) is 0.428. The summed E-state index contributed by atoms with van der Waals surface area (Å²) in [5, 5.41) is 7.20. The summed E-state index contributed by atoms with van der Waals surface area (Å²) in [5.41, 5.74) is 6.83. The lowest BCUT2D eigenvalue weighted by Crippen LogP contribution is -2.32. The molecule has 0 fully saturated rings. The maximum atomic E-state index is 5.75. The number of rotatable bonds is 7. The van der Waals surface area contributed by atoms with Crippen LogP contribution in [0.3, 0.4) is 0 Å². The highest BCUT2D eigenvalue weighted by molar-refractivity contribution is 5.77. The first-order chi connectivity index (χ1) is 8.22. The largest absolute Gasteiger partial charge is 0.370 e. The molecule has 1 aromatic rings. The number of guanidine groups is 1. The van der Waals surface area contributed by atoms with Crippen LogP contribution in [-0.4, -0.2) is 22.3 Å². The molecule has 0 saturated heterocycles. The van der Waals surface area contributed by atoms with E-state index in [1.165, 1.54) is 19.3 Å². The van der Waals surface area contributed by atoms with Gasteiger partial charge in [0.2, 0.25) is 0 Å². The maximum absolute atomic E-state index is 5.75. The van der Waals surface area contributed by atoms with E-state index in [2.05, 4.69) is 22.3 Å². The minimum absolute atomic E-state index is 0.519. The summed E-state index contributed by atoms with van der Waals surface area (Å²) in [7, 11) is 1.89. The number of nitrogens with zero attached hydrogens (tertiary/aromatic N) is 3. The van der Waals surface area contributed by atoms with Crippen LogP contribution < -0.4 is 11.1 Å². The van der Waals surface area contributed by atoms with E-state index >= 15 is 0 Å². The zero-order valence-electron chi connectivity index (χ0n) is 10.8. The number of nitrogens with two attached hydrogens (primary N) is 1. The van der Waals surface area contributed by atoms with Crippen molar-refractivity contribution in [3.63, 3.8) is 0 Å². The topological polar surface area (TPSA) is 68.2 Å². The first-order valence-electron chi connectivity index (χ1n) is 6.23. The molecular formula is C12H23N5. The van der Waals surface area contributed by atoms with E-state index in [0.717, 1.165) is 18.5 Å². The number of nitrogens with one attached hydrogen (secondary N) is 1. The maximum Gasteiger partial charge on any atom is 0.188 e. The first kappa shape index (κ1) is 13.5. The average Bonchev–Trinajstić information content (AvgIpc) is 2.72. The standard InChI is InChI=1S/C12H23N5/c1-3-4-5-6-7-14-12(13)15-8-11-9-16-17(2)10-11/h9-10H,3-8H2,1-2H3,(H3,13,14,15). The Morgan fingerprint density at radius 2 is 2.29 bits per heavy atom. The monoisotopic (exact) mass is 237 g/mol. The molecule has 0 saturated carbocycles. The second-order valence-electron chi connectivity index (χ2n) is 4.21. The van der Waals surface area contributed by atoms with Crippen LogP contribution in [0.15, 0.2) is 17.4 Å². The Bertz CT molecular complexity index is 342. The Hall–Kier alpha value is -1.52. The third-order valence-corrected chi connectivity index (χ3v) is 2.53. The predicted octanol–water partition coefficient (Wildman–Crippen LogP) is 1.40. The van der Waals surface area contributed by atoms with Gasteiger partial charge < -0.3 is 11.1 Å². The molecule has 17 heavy (non-hydrogen) atoms. The van der Waals surface area contributed by atoms with Crippen molar-refractivity contribution in [2.45, 2.75) is 39.2 Å². The molecule has 1 rings (SSSR count). The Morgan fingerprint density at radius 1 is 1.47 bits per heavy atom. The molecule has 5 heteroatoms. The highest BCUT2D eigenvalue weighted by Gasteiger charge is 1.95. The molecule has 1 aromatic heterocycles. The second-order valence-corrected chi connectivity index (χ2v) is 4.21. The van der Waals surface area contributed by atoms with Gasteiger partial charge in [0, 0.05) is 25.4 Å². The van der Waals surface area contributed by atoms with Crippen molar-refractivity contribution < 1.29 is 0 Å². The number of aryl methyl sites for hydroxylation is 1. The van der Waals surface area contributed by atoms with E-state index in [0.29, 0.717) is 12.5 Å². The van der Waals surface area contributed by atoms with Crippen molar-refractivity contribution in [2.24, 2.45) is 17.8 Å². The van der Waals surface area contributed by atoms with Gasteiger partial charge in [0.25, 0.3) is 0 Å². The molecule has 0 bridgehead atoms. The van der Waals surface area contributed by atoms with Crippen molar-refractivity contribution in [3.8, 4) is 0 Å². The third-order valence-electron chi connectivity index (χ3n) is 2.53. The zero-order chi connectivity index (χ0) is 12.5. The summed E-state index contributed by atoms with van der Waals surface area (Å²) in [6, 6.07) is 0. The minimum Gasteiger partial charge on any atom is -0.370 e. The van der Waals surface area contributed by atoms with Gasteiger partial charge in [0.15, 0.2) is 5.96 Å². The highest BCUT2D eigenvalue weighted by Crippen LogP contribution is 1.98. The van der Waals surface area contributed by atoms with Crippen LogP contribution in [0.5, 0.6) is 0 Å². The van der Waals surface area contributed by atoms with Crippen LogP contribution >= 0.6 is 0 Å². The molecule has 0 atom stereocenters. The lowest BCUT2D eigenvalue weighted by Gasteiger charge is -2.04. The van der Waals surface area contributed by atoms with Crippen LogP contribution in [0.4, 0.5) is 0 Å². The SMILES string of the molecule is CCCCCCNC(N)=NCc1cnn(C)c1. The fraction of sp³-hybridized carbons (Fsp3) is 0.667. The Kier molecular flexibility index (Phi) is 6.14. The summed E-state index contributed by atoms with van der Waals surface area (Å²) >= 11 is 0. The molecule has 0 aliphatic carbocycles. The number of unbranched alkanes of at least 4 members (excludes halogenated alkanes) is 3. The molecule has 0 aliphatic heterocycles. The molecule has 1 heterocycles. The van der Waals surface area contributed by atoms with E-state index < -0.39 is 0 Å². The van der Waals surface area contributed by atoms with Crippen molar-refractivity contribution >= 4 is 5.96 Å². The van der Waals surface area contributed by atoms with Crippen LogP contribution in [0, 0.1) is 0 Å². The fourth-order valence-corrected chi connectivity index (χ4v) is 1.55. The number of hydrogen-bond acceptors (Lipinski definition) is 2. The molecule has 5 nitrogen and oxygen atoms in total. The van der Waals surface area contributed by atoms with Gasteiger partial charge in [-0.3, -0.25) is 4.68 Å². The van der Waals surface area contributed by atoms with Crippen LogP contribution in [0.1, 0.15) is 38.2 Å². The van der Waals surface area contributed by atoms with Crippen LogP contribution in [-0.2, 0) is 13.6 Å². The first-order valence-corrected chi connectivity index (χ1v) is 6.23. The van der Waals surface area contributed by atoms with Gasteiger partial charge in [0.05, 0.1) is 12.7 Å². The zero-order valence-corrected chi connectivity index (χ0v) is 10.8. The Labute approximate surface area is 103 Å². The Morgan fingerprint density at radius 3 is 2.94 bits per heavy atom. The van der Waals surface area contributed by atoms with Crippen molar-refractivity contribution in [1.82, 2.24) is 15.1 Å². The van der Waals surface area contributed by atoms with E-state index in [1.54, 1.807) is 10.9 Å². The van der Waals surface area contributed by atoms with Gasteiger partial charge in [-0.1, -0.05) is 26.2 Å². The summed E-state index contributed by atoms with van der Waals surface area (Å²) in [4.78, 5) is 4.26. The van der Waals surface area contributed by atoms with Crippen molar-refractivity contribution in [2.75, 3.05) is 6.54 Å². The molecule has 0 spiro atoms. The summed E-state index contributed by atoms with van der Waals surface area (Å²) in [6.07, 6.45) is 8.69. The molecule has 0 radical (unpaired) electrons. The van der Waals surface area contributed by atoms with Gasteiger partial charge >= 0.3 is 0 Å². The number of hydrogen-bond donors (Lipinski definition) is 2. The minimum atomic E-state index is 0.519. The predicted molar refractivity (Wildman–Crippen MR) is 70.7 cm³/mol. The Balaban J connectivity index is 2.16. The molecule has 0 amide bonds. The van der Waals surface area contributed by atoms with E-state index in [-0.39, 0.29) is 0 Å². The smallest absolute Gasteiger partial charge is 0.188 e. The normalized spacial score (nSPS) is 11.8. The van der Waals surface area contributed by atoms with Crippen molar-refractivity contribution in [3.05, 3.63) is 18.0 Å². The average molecular weight is 237 g/mol. The summed E-state index contributed by atoms with van der Waals surface area (Å²) in [5.74, 6) is 0.519. The lowest BCUT2D eigenvalue weighted by molar-refractivity contribution is 0.652. The third kappa shape index (κ3) is 5.94. The molecular weight excluding hydrogens is 214 g/mol. The van der Waals surface area contributed by atoms with E-state index in [1.807, 2.05) is 13.2 Å². The highest BCUT2D eigenvalue weighted by atomic mass is 15.2. The van der Waals surface area contributed by atoms with Crippen LogP contribution in [0.2, 0.25) is 0 Å². The van der Waals surface area contributed by atoms with E-state index in [4.69, 9.17) is 5.73 Å². The van der Waals surface area contributed by atoms with Gasteiger partial charge in [-0.05, 0) is 6.42 Å². The molecule has 3 N–H and O–H groups in total. The number of aliphatic imine (C=N–C) groups is 1. The van der Waals surface area contributed by atoms with Gasteiger partial charge in [-0.2, -0.15) is 5.10 Å². The van der Waals surface area contributed by atoms with Gasteiger partial charge in [-0.15, -0.1) is 0 Å². The molecule has 96 valence electrons. The van der Waals surface area contributed by atoms with Gasteiger partial charge in [0.1, 0.15) is 0 Å². The molecule has 0 unspecified atom stereocenters. The summed E-state index contributed by atoms with van der Waals surface area (Å²) in [6.45, 7) is 3.70. The molecule has 0 aliphatic rings. The van der Waals surface area contributed by atoms with Crippen molar-refractivity contribution in [1.29, 1.82) is 0 Å². The fourth-order valence-electron chi connectivity index (χ4n) is 1.55. The van der Waals surface area contributed by atoms with Crippen LogP contribution in [0.25, 0.3) is 0 Å². The number of aromatic nitrogens is 2.